The van der Waals surface area contributed by atoms with Crippen LogP contribution in [-0.4, -0.2) is 5.78 Å². The number of hydrogen-bond acceptors (Lipinski definition) is 5. The van der Waals surface area contributed by atoms with Crippen molar-refractivity contribution in [2.45, 2.75) is 64.0 Å². The highest BCUT2D eigenvalue weighted by atomic mass is 35.5. The maximum atomic E-state index is 14.0. The number of nitrogens with zero attached hydrogens (tertiary/aromatic N) is 2. The minimum absolute atomic E-state index is 0.0908. The molecule has 2 N–H and O–H groups in total. The van der Waals surface area contributed by atoms with Gasteiger partial charge >= 0.3 is 0 Å². The molecule has 0 saturated carbocycles. The zero-order valence-electron chi connectivity index (χ0n) is 23.6. The summed E-state index contributed by atoms with van der Waals surface area (Å²) in [5.74, 6) is 0.762. The molecule has 1 heterocycles. The Labute approximate surface area is 246 Å². The zero-order chi connectivity index (χ0) is 28.8. The Morgan fingerprint density at radius 1 is 1.07 bits per heavy atom. The van der Waals surface area contributed by atoms with Gasteiger partial charge in [-0.1, -0.05) is 61.3 Å². The number of allylic oxidation sites excluding steroid dienone is 3. The molecule has 3 aromatic carbocycles. The summed E-state index contributed by atoms with van der Waals surface area (Å²) in [6, 6.07) is 22.6. The Morgan fingerprint density at radius 3 is 2.45 bits per heavy atom. The highest BCUT2D eigenvalue weighted by molar-refractivity contribution is 7.98. The molecular weight excluding hydrogens is 534 g/mol. The fourth-order valence-corrected chi connectivity index (χ4v) is 7.09. The van der Waals surface area contributed by atoms with Crippen molar-refractivity contribution in [2.75, 3.05) is 4.90 Å². The van der Waals surface area contributed by atoms with E-state index in [9.17, 15) is 10.1 Å². The van der Waals surface area contributed by atoms with E-state index >= 15 is 0 Å². The number of carbonyl (C=O) groups excluding carboxylic acids is 1. The number of nitriles is 1. The number of anilines is 1. The summed E-state index contributed by atoms with van der Waals surface area (Å²) >= 11 is 7.82. The van der Waals surface area contributed by atoms with Gasteiger partial charge in [0.1, 0.15) is 5.82 Å². The van der Waals surface area contributed by atoms with Gasteiger partial charge in [0.25, 0.3) is 0 Å². The van der Waals surface area contributed by atoms with Gasteiger partial charge in [0.15, 0.2) is 5.78 Å². The lowest BCUT2D eigenvalue weighted by molar-refractivity contribution is -0.118. The number of thioether (sulfide) groups is 1. The fourth-order valence-electron chi connectivity index (χ4n) is 6.01. The highest BCUT2D eigenvalue weighted by Gasteiger charge is 2.45. The Kier molecular flexibility index (Phi) is 7.61. The summed E-state index contributed by atoms with van der Waals surface area (Å²) in [7, 11) is 0. The summed E-state index contributed by atoms with van der Waals surface area (Å²) in [6.45, 7) is 10.5. The third-order valence-corrected chi connectivity index (χ3v) is 9.27. The predicted molar refractivity (Wildman–Crippen MR) is 165 cm³/mol. The molecule has 0 spiro atoms. The highest BCUT2D eigenvalue weighted by Crippen LogP contribution is 2.51. The average molecular weight is 568 g/mol. The minimum atomic E-state index is -0.497. The van der Waals surface area contributed by atoms with Gasteiger partial charge < -0.3 is 5.73 Å². The van der Waals surface area contributed by atoms with Crippen molar-refractivity contribution >= 4 is 34.8 Å². The molecule has 0 saturated heterocycles. The van der Waals surface area contributed by atoms with Crippen molar-refractivity contribution in [3.05, 3.63) is 116 Å². The largest absolute Gasteiger partial charge is 0.384 e. The van der Waals surface area contributed by atoms with Crippen molar-refractivity contribution in [1.29, 1.82) is 5.26 Å². The zero-order valence-corrected chi connectivity index (χ0v) is 25.2. The first kappa shape index (κ1) is 28.1. The topological polar surface area (TPSA) is 70.1 Å². The van der Waals surface area contributed by atoms with E-state index in [1.807, 2.05) is 60.4 Å². The molecule has 0 amide bonds. The van der Waals surface area contributed by atoms with Crippen LogP contribution in [0.4, 0.5) is 5.69 Å². The Bertz CT molecular complexity index is 1610. The minimum Gasteiger partial charge on any atom is -0.384 e. The molecule has 1 atom stereocenters. The molecule has 1 unspecified atom stereocenters. The molecule has 40 heavy (non-hydrogen) atoms. The first-order chi connectivity index (χ1) is 19.0. The van der Waals surface area contributed by atoms with E-state index in [4.69, 9.17) is 17.3 Å². The number of halogens is 1. The Morgan fingerprint density at radius 2 is 1.77 bits per heavy atom. The molecule has 0 aromatic heterocycles. The van der Waals surface area contributed by atoms with E-state index in [0.29, 0.717) is 34.8 Å². The molecular formula is C34H34ClN3OS. The number of nitrogens with two attached hydrogens (primary N) is 1. The van der Waals surface area contributed by atoms with Crippen molar-refractivity contribution in [3.63, 3.8) is 0 Å². The summed E-state index contributed by atoms with van der Waals surface area (Å²) < 4.78 is 0. The molecule has 4 nitrogen and oxygen atoms in total. The lowest BCUT2D eigenvalue weighted by Crippen LogP contribution is -2.42. The summed E-state index contributed by atoms with van der Waals surface area (Å²) in [4.78, 5) is 17.1. The van der Waals surface area contributed by atoms with Crippen molar-refractivity contribution in [3.8, 4) is 6.07 Å². The number of para-hydroxylation sites is 1. The number of carbonyl (C=O) groups is 1. The van der Waals surface area contributed by atoms with Gasteiger partial charge in [0.05, 0.1) is 23.2 Å². The van der Waals surface area contributed by atoms with Gasteiger partial charge in [-0.05, 0) is 85.2 Å². The Balaban J connectivity index is 1.67. The van der Waals surface area contributed by atoms with Crippen LogP contribution in [-0.2, 0) is 10.5 Å². The molecule has 0 fully saturated rings. The molecule has 204 valence electrons. The predicted octanol–water partition coefficient (Wildman–Crippen LogP) is 8.50. The third-order valence-electron chi connectivity index (χ3n) is 7.96. The fraction of sp³-hybridized carbons (Fsp3) is 0.294. The average Bonchev–Trinajstić information content (AvgIpc) is 2.89. The monoisotopic (exact) mass is 567 g/mol. The van der Waals surface area contributed by atoms with Crippen LogP contribution >= 0.6 is 23.4 Å². The van der Waals surface area contributed by atoms with Crippen LogP contribution in [0.25, 0.3) is 0 Å². The van der Waals surface area contributed by atoms with Gasteiger partial charge in [-0.25, -0.2) is 0 Å². The smallest absolute Gasteiger partial charge is 0.162 e. The van der Waals surface area contributed by atoms with Crippen molar-refractivity contribution < 1.29 is 4.79 Å². The Hall–Kier alpha value is -3.46. The van der Waals surface area contributed by atoms with Gasteiger partial charge in [0, 0.05) is 33.4 Å². The maximum Gasteiger partial charge on any atom is 0.162 e. The van der Waals surface area contributed by atoms with Crippen LogP contribution in [0.2, 0.25) is 5.02 Å². The summed E-state index contributed by atoms with van der Waals surface area (Å²) in [5.41, 5.74) is 15.0. The molecule has 6 heteroatoms. The second kappa shape index (κ2) is 10.8. The van der Waals surface area contributed by atoms with Gasteiger partial charge in [-0.15, -0.1) is 11.8 Å². The lowest BCUT2D eigenvalue weighted by atomic mass is 9.68. The van der Waals surface area contributed by atoms with E-state index in [-0.39, 0.29) is 11.2 Å². The molecule has 1 aliphatic carbocycles. The van der Waals surface area contributed by atoms with E-state index in [2.05, 4.69) is 45.9 Å². The number of aryl methyl sites for hydroxylation is 2. The first-order valence-electron chi connectivity index (χ1n) is 13.5. The number of Topliss-reactive ketones (excluding diaryl/α,β-unsaturated/α-hetero) is 1. The molecule has 5 rings (SSSR count). The quantitative estimate of drug-likeness (QED) is 0.313. The van der Waals surface area contributed by atoms with Crippen LogP contribution in [0.1, 0.15) is 60.4 Å². The van der Waals surface area contributed by atoms with E-state index in [1.54, 1.807) is 11.8 Å². The van der Waals surface area contributed by atoms with Crippen molar-refractivity contribution in [1.82, 2.24) is 0 Å². The van der Waals surface area contributed by atoms with E-state index in [0.717, 1.165) is 44.3 Å². The number of rotatable bonds is 5. The maximum absolute atomic E-state index is 14.0. The molecule has 0 radical (unpaired) electrons. The van der Waals surface area contributed by atoms with Crippen LogP contribution in [0, 0.1) is 37.5 Å². The first-order valence-corrected chi connectivity index (χ1v) is 14.9. The molecule has 2 aliphatic rings. The van der Waals surface area contributed by atoms with E-state index < -0.39 is 5.92 Å². The SMILES string of the molecule is Cc1cc(CSc2ccc(Cl)cc2)c(C)c(C2C(C#N)=C(N)N(c3ccccc3C)C3=C2C(=O)CC(C)(C)C3)c1. The van der Waals surface area contributed by atoms with Gasteiger partial charge in [-0.2, -0.15) is 5.26 Å². The normalized spacial score (nSPS) is 18.6. The standard InChI is InChI=1S/C34H34ClN3OS/c1-20-14-23(19-40-25-12-10-24(35)11-13-25)22(3)26(15-20)31-27(18-36)33(37)38(28-9-7-6-8-21(28)2)29-16-34(4,5)17-30(39)32(29)31/h6-15,31H,16-17,19,37H2,1-5H3. The third kappa shape index (κ3) is 5.19. The summed E-state index contributed by atoms with van der Waals surface area (Å²) in [6.07, 6.45) is 1.13. The van der Waals surface area contributed by atoms with Crippen LogP contribution in [0.3, 0.4) is 0 Å². The van der Waals surface area contributed by atoms with Crippen LogP contribution < -0.4 is 10.6 Å². The van der Waals surface area contributed by atoms with Crippen LogP contribution in [0.5, 0.6) is 0 Å². The molecule has 3 aromatic rings. The molecule has 0 bridgehead atoms. The number of benzene rings is 3. The van der Waals surface area contributed by atoms with Gasteiger partial charge in [-0.3, -0.25) is 9.69 Å². The lowest BCUT2D eigenvalue weighted by Gasteiger charge is -2.44. The second-order valence-electron chi connectivity index (χ2n) is 11.6. The molecule has 1 aliphatic heterocycles. The van der Waals surface area contributed by atoms with E-state index in [1.165, 1.54) is 5.56 Å². The van der Waals surface area contributed by atoms with Crippen LogP contribution in [0.15, 0.2) is 88.2 Å². The summed E-state index contributed by atoms with van der Waals surface area (Å²) in [5, 5.41) is 11.3. The number of ketones is 1. The number of hydrogen-bond donors (Lipinski definition) is 1. The van der Waals surface area contributed by atoms with Crippen molar-refractivity contribution in [2.24, 2.45) is 11.1 Å². The second-order valence-corrected chi connectivity index (χ2v) is 13.1. The van der Waals surface area contributed by atoms with Gasteiger partial charge in [0.2, 0.25) is 0 Å².